The Bertz CT molecular complexity index is 996. The van der Waals surface area contributed by atoms with E-state index in [2.05, 4.69) is 15.0 Å². The second-order valence-electron chi connectivity index (χ2n) is 6.19. The number of carbonyl (C=O) groups is 1. The summed E-state index contributed by atoms with van der Waals surface area (Å²) in [7, 11) is 0. The number of alkyl halides is 3. The van der Waals surface area contributed by atoms with Crippen LogP contribution in [-0.2, 0) is 11.2 Å². The minimum absolute atomic E-state index is 0.0121. The Hall–Kier alpha value is -3.43. The summed E-state index contributed by atoms with van der Waals surface area (Å²) < 4.78 is 73.8. The summed E-state index contributed by atoms with van der Waals surface area (Å²) in [6.07, 6.45) is -3.22. The molecule has 3 aromatic rings. The summed E-state index contributed by atoms with van der Waals surface area (Å²) in [5.74, 6) is -1.95. The number of nitrogens with zero attached hydrogens (tertiary/aromatic N) is 1. The molecule has 5 nitrogen and oxygen atoms in total. The van der Waals surface area contributed by atoms with Crippen LogP contribution in [-0.4, -0.2) is 23.7 Å². The van der Waals surface area contributed by atoms with E-state index < -0.39 is 30.3 Å². The lowest BCUT2D eigenvalue weighted by molar-refractivity contribution is -0.153. The predicted octanol–water partition coefficient (Wildman–Crippen LogP) is 5.13. The van der Waals surface area contributed by atoms with E-state index in [-0.39, 0.29) is 35.8 Å². The van der Waals surface area contributed by atoms with Gasteiger partial charge in [-0.3, -0.25) is 4.79 Å². The number of hydrogen-bond acceptors (Lipinski definition) is 4. The normalized spacial score (nSPS) is 11.4. The number of aromatic nitrogens is 1. The lowest BCUT2D eigenvalue weighted by atomic mass is 10.1. The van der Waals surface area contributed by atoms with Crippen LogP contribution in [0.3, 0.4) is 0 Å². The van der Waals surface area contributed by atoms with Gasteiger partial charge in [0, 0.05) is 18.5 Å². The van der Waals surface area contributed by atoms with Gasteiger partial charge in [-0.1, -0.05) is 6.07 Å². The highest BCUT2D eigenvalue weighted by Gasteiger charge is 2.28. The molecule has 3 rings (SSSR count). The van der Waals surface area contributed by atoms with Crippen molar-refractivity contribution >= 4 is 11.6 Å². The molecule has 0 fully saturated rings. The summed E-state index contributed by atoms with van der Waals surface area (Å²) in [5.41, 5.74) is 0.0226. The van der Waals surface area contributed by atoms with Crippen LogP contribution < -0.4 is 10.1 Å². The lowest BCUT2D eigenvalue weighted by Crippen LogP contribution is -2.19. The van der Waals surface area contributed by atoms with Crippen molar-refractivity contribution < 1.29 is 35.9 Å². The van der Waals surface area contributed by atoms with Gasteiger partial charge in [-0.25, -0.2) is 13.8 Å². The molecule has 0 bridgehead atoms. The van der Waals surface area contributed by atoms with Gasteiger partial charge in [0.05, 0.1) is 11.8 Å². The average molecular weight is 426 g/mol. The Balaban J connectivity index is 1.52. The van der Waals surface area contributed by atoms with Gasteiger partial charge < -0.3 is 14.5 Å². The molecule has 0 aliphatic heterocycles. The molecule has 0 radical (unpaired) electrons. The molecule has 0 saturated carbocycles. The molecule has 1 heterocycles. The van der Waals surface area contributed by atoms with E-state index >= 15 is 0 Å². The van der Waals surface area contributed by atoms with Crippen molar-refractivity contribution in [2.45, 2.75) is 19.0 Å². The number of hydrogen-bond donors (Lipinski definition) is 1. The zero-order chi connectivity index (χ0) is 21.7. The van der Waals surface area contributed by atoms with E-state index in [1.165, 1.54) is 36.5 Å². The van der Waals surface area contributed by atoms with Gasteiger partial charge in [-0.2, -0.15) is 13.2 Å². The van der Waals surface area contributed by atoms with Crippen molar-refractivity contribution in [1.29, 1.82) is 0 Å². The molecule has 30 heavy (non-hydrogen) atoms. The molecule has 2 aromatic carbocycles. The molecule has 1 N–H and O–H groups in total. The molecule has 0 spiro atoms. The third kappa shape index (κ3) is 5.79. The van der Waals surface area contributed by atoms with Crippen LogP contribution in [0.2, 0.25) is 0 Å². The van der Waals surface area contributed by atoms with Crippen LogP contribution in [0, 0.1) is 11.6 Å². The summed E-state index contributed by atoms with van der Waals surface area (Å²) >= 11 is 0. The minimum Gasteiger partial charge on any atom is -0.484 e. The van der Waals surface area contributed by atoms with Crippen LogP contribution in [0.5, 0.6) is 5.75 Å². The SMILES string of the molecule is O=C(CCc1ncc(-c2c(F)cccc2F)o1)Nc1ccc(OCC(F)(F)F)cc1. The highest BCUT2D eigenvalue weighted by Crippen LogP contribution is 2.27. The summed E-state index contributed by atoms with van der Waals surface area (Å²) in [4.78, 5) is 15.9. The second-order valence-corrected chi connectivity index (χ2v) is 6.19. The number of anilines is 1. The highest BCUT2D eigenvalue weighted by molar-refractivity contribution is 5.90. The minimum atomic E-state index is -4.44. The quantitative estimate of drug-likeness (QED) is 0.532. The van der Waals surface area contributed by atoms with E-state index in [0.29, 0.717) is 5.69 Å². The topological polar surface area (TPSA) is 64.4 Å². The van der Waals surface area contributed by atoms with Gasteiger partial charge in [0.1, 0.15) is 17.4 Å². The molecular weight excluding hydrogens is 411 g/mol. The molecule has 0 aliphatic carbocycles. The van der Waals surface area contributed by atoms with Gasteiger partial charge >= 0.3 is 6.18 Å². The zero-order valence-electron chi connectivity index (χ0n) is 15.3. The lowest BCUT2D eigenvalue weighted by Gasteiger charge is -2.10. The Kier molecular flexibility index (Phi) is 6.34. The summed E-state index contributed by atoms with van der Waals surface area (Å²) in [6.45, 7) is -1.41. The Morgan fingerprint density at radius 1 is 1.07 bits per heavy atom. The van der Waals surface area contributed by atoms with E-state index in [1.807, 2.05) is 0 Å². The predicted molar refractivity (Wildman–Crippen MR) is 96.8 cm³/mol. The number of benzene rings is 2. The summed E-state index contributed by atoms with van der Waals surface area (Å²) in [6, 6.07) is 8.79. The van der Waals surface area contributed by atoms with Crippen LogP contribution >= 0.6 is 0 Å². The van der Waals surface area contributed by atoms with Crippen LogP contribution in [0.25, 0.3) is 11.3 Å². The number of ether oxygens (including phenoxy) is 1. The standard InChI is InChI=1S/C20H15F5N2O3/c21-14-2-1-3-15(22)19(14)16-10-26-18(30-16)9-8-17(28)27-12-4-6-13(7-5-12)29-11-20(23,24)25/h1-7,10H,8-9,11H2,(H,27,28). The monoisotopic (exact) mass is 426 g/mol. The molecule has 0 saturated heterocycles. The van der Waals surface area contributed by atoms with Crippen molar-refractivity contribution in [3.63, 3.8) is 0 Å². The largest absolute Gasteiger partial charge is 0.484 e. The Morgan fingerprint density at radius 3 is 2.37 bits per heavy atom. The molecule has 1 aromatic heterocycles. The molecule has 158 valence electrons. The number of halogens is 5. The number of carbonyl (C=O) groups excluding carboxylic acids is 1. The molecule has 10 heteroatoms. The maximum Gasteiger partial charge on any atom is 0.422 e. The van der Waals surface area contributed by atoms with E-state index in [4.69, 9.17) is 4.42 Å². The Labute approximate surface area is 167 Å². The first-order valence-corrected chi connectivity index (χ1v) is 8.70. The fraction of sp³-hybridized carbons (Fsp3) is 0.200. The first-order chi connectivity index (χ1) is 14.2. The maximum atomic E-state index is 13.8. The summed E-state index contributed by atoms with van der Waals surface area (Å²) in [5, 5.41) is 2.56. The van der Waals surface area contributed by atoms with Gasteiger partial charge in [0.2, 0.25) is 5.91 Å². The third-order valence-electron chi connectivity index (χ3n) is 3.87. The van der Waals surface area contributed by atoms with Gasteiger partial charge in [0.15, 0.2) is 18.3 Å². The number of rotatable bonds is 7. The fourth-order valence-corrected chi connectivity index (χ4v) is 2.52. The molecule has 0 atom stereocenters. The van der Waals surface area contributed by atoms with Crippen LogP contribution in [0.4, 0.5) is 27.6 Å². The van der Waals surface area contributed by atoms with Crippen molar-refractivity contribution in [2.24, 2.45) is 0 Å². The van der Waals surface area contributed by atoms with Gasteiger partial charge in [0.25, 0.3) is 0 Å². The maximum absolute atomic E-state index is 13.8. The van der Waals surface area contributed by atoms with Crippen molar-refractivity contribution in [3.8, 4) is 17.1 Å². The molecule has 0 unspecified atom stereocenters. The smallest absolute Gasteiger partial charge is 0.422 e. The van der Waals surface area contributed by atoms with Crippen LogP contribution in [0.1, 0.15) is 12.3 Å². The number of aryl methyl sites for hydroxylation is 1. The fourth-order valence-electron chi connectivity index (χ4n) is 2.52. The van der Waals surface area contributed by atoms with E-state index in [1.54, 1.807) is 0 Å². The van der Waals surface area contributed by atoms with E-state index in [9.17, 15) is 26.7 Å². The number of amides is 1. The third-order valence-corrected chi connectivity index (χ3v) is 3.87. The van der Waals surface area contributed by atoms with Crippen molar-refractivity contribution in [3.05, 3.63) is 66.2 Å². The van der Waals surface area contributed by atoms with Gasteiger partial charge in [-0.15, -0.1) is 0 Å². The first kappa shape index (κ1) is 21.3. The van der Waals surface area contributed by atoms with Crippen LogP contribution in [0.15, 0.2) is 53.1 Å². The van der Waals surface area contributed by atoms with Gasteiger partial charge in [-0.05, 0) is 36.4 Å². The number of nitrogens with one attached hydrogen (secondary N) is 1. The molecular formula is C20H15F5N2O3. The average Bonchev–Trinajstić information content (AvgIpc) is 3.14. The Morgan fingerprint density at radius 2 is 1.73 bits per heavy atom. The highest BCUT2D eigenvalue weighted by atomic mass is 19.4. The number of oxazole rings is 1. The van der Waals surface area contributed by atoms with Crippen molar-refractivity contribution in [2.75, 3.05) is 11.9 Å². The second kappa shape index (κ2) is 8.93. The zero-order valence-corrected chi connectivity index (χ0v) is 15.3. The van der Waals surface area contributed by atoms with E-state index in [0.717, 1.165) is 12.1 Å². The first-order valence-electron chi connectivity index (χ1n) is 8.70. The van der Waals surface area contributed by atoms with Crippen molar-refractivity contribution in [1.82, 2.24) is 4.98 Å². The molecule has 1 amide bonds. The molecule has 0 aliphatic rings.